The van der Waals surface area contributed by atoms with Gasteiger partial charge in [-0.15, -0.1) is 0 Å². The number of fused-ring (bicyclic) bond motifs is 1. The molecule has 0 N–H and O–H groups in total. The van der Waals surface area contributed by atoms with E-state index in [1.807, 2.05) is 56.5 Å². The van der Waals surface area contributed by atoms with Gasteiger partial charge in [-0.1, -0.05) is 42.5 Å². The maximum atomic E-state index is 13.1. The highest BCUT2D eigenvalue weighted by Crippen LogP contribution is 2.48. The van der Waals surface area contributed by atoms with Crippen molar-refractivity contribution in [3.05, 3.63) is 72.3 Å². The molecule has 5 nitrogen and oxygen atoms in total. The van der Waals surface area contributed by atoms with Crippen LogP contribution in [0.3, 0.4) is 0 Å². The summed E-state index contributed by atoms with van der Waals surface area (Å²) in [4.78, 5) is 4.51. The fraction of sp³-hybridized carbons (Fsp3) is 0.385. The first kappa shape index (κ1) is 24.3. The van der Waals surface area contributed by atoms with Crippen molar-refractivity contribution in [1.29, 1.82) is 0 Å². The summed E-state index contributed by atoms with van der Waals surface area (Å²) in [5, 5.41) is 0. The van der Waals surface area contributed by atoms with E-state index in [2.05, 4.69) is 53.8 Å². The molecule has 0 bridgehead atoms. The van der Waals surface area contributed by atoms with Crippen LogP contribution in [-0.2, 0) is 19.0 Å². The average Bonchev–Trinajstić information content (AvgIpc) is 3.00. The van der Waals surface area contributed by atoms with Gasteiger partial charge in [0.2, 0.25) is 5.69 Å². The lowest BCUT2D eigenvalue weighted by molar-refractivity contribution is -0.432. The Hall–Kier alpha value is -2.33. The molecule has 170 valence electrons. The SMILES string of the molecule is CCOP(=O)(CC[N+]1=C(C=CCC=Nc2ccccc2)C(C)(C)c2ccccc21)OCC. The lowest BCUT2D eigenvalue weighted by Gasteiger charge is -2.16. The molecular formula is C26H34N2O3P+. The van der Waals surface area contributed by atoms with Crippen LogP contribution in [0.25, 0.3) is 0 Å². The Morgan fingerprint density at radius 2 is 1.66 bits per heavy atom. The van der Waals surface area contributed by atoms with Gasteiger partial charge in [-0.05, 0) is 39.8 Å². The van der Waals surface area contributed by atoms with E-state index in [0.717, 1.165) is 17.8 Å². The largest absolute Gasteiger partial charge is 0.337 e. The minimum atomic E-state index is -3.12. The second-order valence-electron chi connectivity index (χ2n) is 8.13. The normalized spacial score (nSPS) is 15.8. The Kier molecular flexibility index (Phi) is 8.36. The topological polar surface area (TPSA) is 50.9 Å². The van der Waals surface area contributed by atoms with Gasteiger partial charge >= 0.3 is 7.60 Å². The molecule has 0 fully saturated rings. The highest BCUT2D eigenvalue weighted by atomic mass is 31.2. The molecule has 2 aromatic rings. The molecule has 0 aromatic heterocycles. The van der Waals surface area contributed by atoms with Crippen LogP contribution in [0.4, 0.5) is 11.4 Å². The van der Waals surface area contributed by atoms with E-state index < -0.39 is 7.60 Å². The molecule has 3 rings (SSSR count). The van der Waals surface area contributed by atoms with Gasteiger partial charge in [0.25, 0.3) is 0 Å². The van der Waals surface area contributed by atoms with Crippen molar-refractivity contribution < 1.29 is 18.2 Å². The highest BCUT2D eigenvalue weighted by molar-refractivity contribution is 7.53. The molecule has 2 aromatic carbocycles. The third kappa shape index (κ3) is 5.72. The Morgan fingerprint density at radius 1 is 1.00 bits per heavy atom. The van der Waals surface area contributed by atoms with Gasteiger partial charge in [0.05, 0.1) is 24.3 Å². The molecular weight excluding hydrogens is 419 g/mol. The highest BCUT2D eigenvalue weighted by Gasteiger charge is 2.44. The molecule has 32 heavy (non-hydrogen) atoms. The smallest absolute Gasteiger partial charge is 0.309 e. The number of para-hydroxylation sites is 2. The van der Waals surface area contributed by atoms with Gasteiger partial charge in [0, 0.05) is 30.3 Å². The fourth-order valence-electron chi connectivity index (χ4n) is 4.08. The molecule has 0 saturated heterocycles. The van der Waals surface area contributed by atoms with E-state index in [0.29, 0.717) is 25.9 Å². The van der Waals surface area contributed by atoms with Crippen molar-refractivity contribution >= 4 is 30.9 Å². The average molecular weight is 454 g/mol. The third-order valence-corrected chi connectivity index (χ3v) is 7.61. The minimum Gasteiger partial charge on any atom is -0.309 e. The zero-order valence-electron chi connectivity index (χ0n) is 19.5. The maximum Gasteiger partial charge on any atom is 0.337 e. The van der Waals surface area contributed by atoms with Gasteiger partial charge in [0.1, 0.15) is 6.16 Å². The van der Waals surface area contributed by atoms with E-state index in [9.17, 15) is 4.57 Å². The van der Waals surface area contributed by atoms with Crippen LogP contribution in [0.2, 0.25) is 0 Å². The Bertz CT molecular complexity index is 1030. The second-order valence-corrected chi connectivity index (χ2v) is 10.3. The molecule has 0 spiro atoms. The number of rotatable bonds is 11. The monoisotopic (exact) mass is 453 g/mol. The molecule has 0 atom stereocenters. The first-order valence-electron chi connectivity index (χ1n) is 11.3. The van der Waals surface area contributed by atoms with Crippen molar-refractivity contribution in [3.8, 4) is 0 Å². The van der Waals surface area contributed by atoms with Crippen molar-refractivity contribution in [1.82, 2.24) is 0 Å². The molecule has 1 heterocycles. The number of benzene rings is 2. The van der Waals surface area contributed by atoms with Crippen LogP contribution in [0.15, 0.2) is 71.7 Å². The van der Waals surface area contributed by atoms with Gasteiger partial charge in [0.15, 0.2) is 12.3 Å². The Balaban J connectivity index is 1.84. The van der Waals surface area contributed by atoms with Crippen LogP contribution < -0.4 is 0 Å². The quantitative estimate of drug-likeness (QED) is 0.217. The van der Waals surface area contributed by atoms with E-state index in [1.54, 1.807) is 0 Å². The van der Waals surface area contributed by atoms with Gasteiger partial charge < -0.3 is 9.05 Å². The first-order valence-corrected chi connectivity index (χ1v) is 13.0. The zero-order valence-corrected chi connectivity index (χ0v) is 20.4. The van der Waals surface area contributed by atoms with Crippen molar-refractivity contribution in [2.75, 3.05) is 25.9 Å². The minimum absolute atomic E-state index is 0.162. The van der Waals surface area contributed by atoms with Crippen LogP contribution in [0, 0.1) is 0 Å². The fourth-order valence-corrected chi connectivity index (χ4v) is 5.64. The number of allylic oxidation sites excluding steroid dienone is 2. The molecule has 0 radical (unpaired) electrons. The van der Waals surface area contributed by atoms with Crippen LogP contribution in [0.1, 0.15) is 39.7 Å². The maximum absolute atomic E-state index is 13.1. The summed E-state index contributed by atoms with van der Waals surface area (Å²) in [6.45, 7) is 9.46. The Morgan fingerprint density at radius 3 is 2.34 bits per heavy atom. The molecule has 0 aliphatic carbocycles. The predicted molar refractivity (Wildman–Crippen MR) is 133 cm³/mol. The zero-order chi connectivity index (χ0) is 23.0. The summed E-state index contributed by atoms with van der Waals surface area (Å²) in [5.41, 5.74) is 4.37. The molecule has 0 amide bonds. The molecule has 0 saturated carbocycles. The second kappa shape index (κ2) is 11.0. The van der Waals surface area contributed by atoms with Crippen LogP contribution >= 0.6 is 7.60 Å². The number of aliphatic imine (C=N–C) groups is 1. The summed E-state index contributed by atoms with van der Waals surface area (Å²) in [7, 11) is -3.12. The van der Waals surface area contributed by atoms with Gasteiger partial charge in [-0.25, -0.2) is 0 Å². The van der Waals surface area contributed by atoms with E-state index in [-0.39, 0.29) is 5.41 Å². The van der Waals surface area contributed by atoms with Crippen molar-refractivity contribution in [2.24, 2.45) is 4.99 Å². The lowest BCUT2D eigenvalue weighted by Crippen LogP contribution is -2.28. The third-order valence-electron chi connectivity index (χ3n) is 5.56. The van der Waals surface area contributed by atoms with Crippen LogP contribution in [-0.4, -0.2) is 42.4 Å². The lowest BCUT2D eigenvalue weighted by atomic mass is 9.81. The standard InChI is InChI=1S/C26H34N2O3P/c1-5-30-32(29,31-6-2)21-20-28-24-17-11-10-16-23(24)26(3,4)25(28)18-12-13-19-27-22-14-8-7-9-15-22/h7-12,14-19H,5-6,13,20-21H2,1-4H3/q+1. The predicted octanol–water partition coefficient (Wildman–Crippen LogP) is 6.68. The summed E-state index contributed by atoms with van der Waals surface area (Å²) >= 11 is 0. The van der Waals surface area contributed by atoms with E-state index >= 15 is 0 Å². The van der Waals surface area contributed by atoms with Gasteiger partial charge in [-0.3, -0.25) is 9.56 Å². The summed E-state index contributed by atoms with van der Waals surface area (Å²) in [5.74, 6) is 0. The molecule has 1 aliphatic rings. The molecule has 6 heteroatoms. The molecule has 0 unspecified atom stereocenters. The van der Waals surface area contributed by atoms with E-state index in [4.69, 9.17) is 9.05 Å². The van der Waals surface area contributed by atoms with Crippen LogP contribution in [0.5, 0.6) is 0 Å². The summed E-state index contributed by atoms with van der Waals surface area (Å²) in [6, 6.07) is 18.3. The van der Waals surface area contributed by atoms with Crippen molar-refractivity contribution in [3.63, 3.8) is 0 Å². The van der Waals surface area contributed by atoms with Crippen molar-refractivity contribution in [2.45, 2.75) is 39.5 Å². The summed E-state index contributed by atoms with van der Waals surface area (Å²) in [6.07, 6.45) is 7.29. The Labute approximate surface area is 192 Å². The molecule has 1 aliphatic heterocycles. The first-order chi connectivity index (χ1) is 15.4. The summed E-state index contributed by atoms with van der Waals surface area (Å²) < 4.78 is 26.4. The number of hydrogen-bond donors (Lipinski definition) is 0. The number of nitrogens with zero attached hydrogens (tertiary/aromatic N) is 2. The number of hydrogen-bond acceptors (Lipinski definition) is 4. The van der Waals surface area contributed by atoms with Gasteiger partial charge in [-0.2, -0.15) is 4.58 Å². The van der Waals surface area contributed by atoms with E-state index in [1.165, 1.54) is 11.3 Å².